The summed E-state index contributed by atoms with van der Waals surface area (Å²) in [6, 6.07) is 7.99. The van der Waals surface area contributed by atoms with Gasteiger partial charge in [-0.2, -0.15) is 0 Å². The number of hydrogen-bond acceptors (Lipinski definition) is 3. The van der Waals surface area contributed by atoms with Crippen molar-refractivity contribution in [2.45, 2.75) is 25.6 Å². The summed E-state index contributed by atoms with van der Waals surface area (Å²) in [5.74, 6) is 0. The van der Waals surface area contributed by atoms with E-state index in [0.717, 1.165) is 33.7 Å². The molecule has 4 heteroatoms. The van der Waals surface area contributed by atoms with Crippen LogP contribution in [0.25, 0.3) is 10.9 Å². The summed E-state index contributed by atoms with van der Waals surface area (Å²) >= 11 is 6.65. The van der Waals surface area contributed by atoms with E-state index in [1.54, 1.807) is 0 Å². The number of benzene rings is 1. The lowest BCUT2D eigenvalue weighted by molar-refractivity contribution is -0.0612. The summed E-state index contributed by atoms with van der Waals surface area (Å²) in [6.07, 6.45) is -0.0281. The number of para-hydroxylation sites is 1. The van der Waals surface area contributed by atoms with Gasteiger partial charge < -0.3 is 9.64 Å². The number of ether oxygens (including phenoxy) is 1. The first-order chi connectivity index (χ1) is 9.40. The maximum absolute atomic E-state index is 6.65. The van der Waals surface area contributed by atoms with E-state index in [2.05, 4.69) is 18.7 Å². The number of halogens is 1. The van der Waals surface area contributed by atoms with Crippen molar-refractivity contribution >= 4 is 22.5 Å². The van der Waals surface area contributed by atoms with Crippen LogP contribution in [0.4, 0.5) is 0 Å². The van der Waals surface area contributed by atoms with Gasteiger partial charge >= 0.3 is 0 Å². The first-order valence-electron chi connectivity index (χ1n) is 6.81. The molecule has 3 rings (SSSR count). The van der Waals surface area contributed by atoms with Gasteiger partial charge in [-0.1, -0.05) is 29.8 Å². The monoisotopic (exact) mass is 290 g/mol. The quantitative estimate of drug-likeness (QED) is 0.842. The fourth-order valence-electron chi connectivity index (χ4n) is 2.87. The van der Waals surface area contributed by atoms with Gasteiger partial charge in [0.15, 0.2) is 0 Å². The van der Waals surface area contributed by atoms with E-state index in [1.165, 1.54) is 0 Å². The zero-order valence-electron chi connectivity index (χ0n) is 12.3. The van der Waals surface area contributed by atoms with Crippen LogP contribution in [0.5, 0.6) is 0 Å². The van der Waals surface area contributed by atoms with Crippen molar-refractivity contribution < 1.29 is 4.74 Å². The van der Waals surface area contributed by atoms with Crippen molar-refractivity contribution in [1.82, 2.24) is 9.88 Å². The number of hydrogen-bond donors (Lipinski definition) is 0. The molecule has 1 aromatic heterocycles. The Bertz CT molecular complexity index is 667. The van der Waals surface area contributed by atoms with Gasteiger partial charge in [0.25, 0.3) is 0 Å². The van der Waals surface area contributed by atoms with Crippen LogP contribution in [0.2, 0.25) is 5.02 Å². The molecule has 0 amide bonds. The minimum absolute atomic E-state index is 0.0281. The Kier molecular flexibility index (Phi) is 3.24. The highest BCUT2D eigenvalue weighted by molar-refractivity contribution is 6.36. The normalized spacial score (nSPS) is 20.6. The standard InChI is InChI=1S/C16H19ClN2O/c1-16(2)15-13(12(20-16)9-19(3)4)14(17)10-7-5-6-8-11(10)18-15/h5-8,12H,9H2,1-4H3. The van der Waals surface area contributed by atoms with E-state index < -0.39 is 5.60 Å². The van der Waals surface area contributed by atoms with E-state index in [1.807, 2.05) is 38.4 Å². The Morgan fingerprint density at radius 3 is 2.70 bits per heavy atom. The molecule has 2 aromatic rings. The molecular formula is C16H19ClN2O. The first-order valence-corrected chi connectivity index (χ1v) is 7.19. The van der Waals surface area contributed by atoms with Gasteiger partial charge in [0, 0.05) is 17.5 Å². The Morgan fingerprint density at radius 2 is 2.00 bits per heavy atom. The third-order valence-electron chi connectivity index (χ3n) is 3.72. The topological polar surface area (TPSA) is 25.4 Å². The van der Waals surface area contributed by atoms with Crippen molar-refractivity contribution in [3.63, 3.8) is 0 Å². The molecule has 2 heterocycles. The zero-order chi connectivity index (χ0) is 14.5. The average Bonchev–Trinajstić information content (AvgIpc) is 2.60. The summed E-state index contributed by atoms with van der Waals surface area (Å²) in [7, 11) is 4.08. The highest BCUT2D eigenvalue weighted by Gasteiger charge is 2.41. The summed E-state index contributed by atoms with van der Waals surface area (Å²) in [5.41, 5.74) is 2.54. The van der Waals surface area contributed by atoms with Gasteiger partial charge in [0.2, 0.25) is 0 Å². The average molecular weight is 291 g/mol. The maximum atomic E-state index is 6.65. The fraction of sp³-hybridized carbons (Fsp3) is 0.438. The molecule has 3 nitrogen and oxygen atoms in total. The van der Waals surface area contributed by atoms with Gasteiger partial charge in [-0.05, 0) is 34.0 Å². The third kappa shape index (κ3) is 2.10. The van der Waals surface area contributed by atoms with Crippen LogP contribution in [-0.4, -0.2) is 30.5 Å². The number of aromatic nitrogens is 1. The molecule has 0 N–H and O–H groups in total. The lowest BCUT2D eigenvalue weighted by atomic mass is 9.98. The summed E-state index contributed by atoms with van der Waals surface area (Å²) in [5, 5.41) is 1.78. The maximum Gasteiger partial charge on any atom is 0.106 e. The SMILES string of the molecule is CN(C)CC1OC(C)(C)c2nc3ccccc3c(Cl)c21. The Morgan fingerprint density at radius 1 is 1.30 bits per heavy atom. The molecule has 0 saturated heterocycles. The molecule has 106 valence electrons. The molecule has 1 atom stereocenters. The second-order valence-electron chi connectivity index (χ2n) is 6.08. The molecule has 0 fully saturated rings. The molecule has 1 aliphatic heterocycles. The summed E-state index contributed by atoms with van der Waals surface area (Å²) in [6.45, 7) is 4.91. The van der Waals surface area contributed by atoms with Crippen LogP contribution in [0.3, 0.4) is 0 Å². The van der Waals surface area contributed by atoms with E-state index in [-0.39, 0.29) is 6.10 Å². The van der Waals surface area contributed by atoms with Crippen molar-refractivity contribution in [2.24, 2.45) is 0 Å². The predicted molar refractivity (Wildman–Crippen MR) is 82.2 cm³/mol. The van der Waals surface area contributed by atoms with Crippen LogP contribution in [0, 0.1) is 0 Å². The minimum Gasteiger partial charge on any atom is -0.360 e. The van der Waals surface area contributed by atoms with Crippen molar-refractivity contribution in [1.29, 1.82) is 0 Å². The first kappa shape index (κ1) is 13.8. The molecule has 0 radical (unpaired) electrons. The summed E-state index contributed by atoms with van der Waals surface area (Å²) < 4.78 is 6.19. The third-order valence-corrected chi connectivity index (χ3v) is 4.13. The van der Waals surface area contributed by atoms with Gasteiger partial charge in [0.05, 0.1) is 22.3 Å². The van der Waals surface area contributed by atoms with Crippen molar-refractivity contribution in [3.8, 4) is 0 Å². The van der Waals surface area contributed by atoms with Gasteiger partial charge in [-0.3, -0.25) is 0 Å². The molecule has 0 aliphatic carbocycles. The molecule has 0 spiro atoms. The Balaban J connectivity index is 2.25. The summed E-state index contributed by atoms with van der Waals surface area (Å²) in [4.78, 5) is 6.91. The fourth-order valence-corrected chi connectivity index (χ4v) is 3.24. The molecule has 1 aromatic carbocycles. The molecule has 20 heavy (non-hydrogen) atoms. The largest absolute Gasteiger partial charge is 0.360 e. The molecule has 0 saturated carbocycles. The van der Waals surface area contributed by atoms with E-state index >= 15 is 0 Å². The molecule has 1 aliphatic rings. The second kappa shape index (κ2) is 4.69. The smallest absolute Gasteiger partial charge is 0.106 e. The Hall–Kier alpha value is -1.16. The van der Waals surface area contributed by atoms with Gasteiger partial charge in [-0.25, -0.2) is 4.98 Å². The number of fused-ring (bicyclic) bond motifs is 2. The lowest BCUT2D eigenvalue weighted by Gasteiger charge is -2.21. The number of pyridine rings is 1. The van der Waals surface area contributed by atoms with Crippen LogP contribution in [-0.2, 0) is 10.3 Å². The van der Waals surface area contributed by atoms with Crippen molar-refractivity contribution in [2.75, 3.05) is 20.6 Å². The Labute approximate surface area is 124 Å². The lowest BCUT2D eigenvalue weighted by Crippen LogP contribution is -2.23. The van der Waals surface area contributed by atoms with Crippen LogP contribution in [0.1, 0.15) is 31.2 Å². The second-order valence-corrected chi connectivity index (χ2v) is 6.46. The molecular weight excluding hydrogens is 272 g/mol. The van der Waals surface area contributed by atoms with E-state index in [9.17, 15) is 0 Å². The van der Waals surface area contributed by atoms with Crippen molar-refractivity contribution in [3.05, 3.63) is 40.5 Å². The van der Waals surface area contributed by atoms with Gasteiger partial charge in [-0.15, -0.1) is 0 Å². The van der Waals surface area contributed by atoms with Crippen LogP contribution >= 0.6 is 11.6 Å². The number of rotatable bonds is 2. The van der Waals surface area contributed by atoms with Crippen LogP contribution < -0.4 is 0 Å². The molecule has 0 bridgehead atoms. The minimum atomic E-state index is -0.399. The molecule has 1 unspecified atom stereocenters. The zero-order valence-corrected chi connectivity index (χ0v) is 13.0. The predicted octanol–water partition coefficient (Wildman–Crippen LogP) is 3.76. The van der Waals surface area contributed by atoms with Crippen LogP contribution in [0.15, 0.2) is 24.3 Å². The number of nitrogens with zero attached hydrogens (tertiary/aromatic N) is 2. The highest BCUT2D eigenvalue weighted by Crippen LogP contribution is 2.47. The number of likely N-dealkylation sites (N-methyl/N-ethyl adjacent to an activating group) is 1. The highest BCUT2D eigenvalue weighted by atomic mass is 35.5. The van der Waals surface area contributed by atoms with E-state index in [0.29, 0.717) is 0 Å². The van der Waals surface area contributed by atoms with Gasteiger partial charge in [0.1, 0.15) is 5.60 Å². The van der Waals surface area contributed by atoms with E-state index in [4.69, 9.17) is 21.3 Å².